The van der Waals surface area contributed by atoms with Gasteiger partial charge in [-0.15, -0.1) is 0 Å². The van der Waals surface area contributed by atoms with Crippen molar-refractivity contribution in [1.29, 1.82) is 0 Å². The standard InChI is InChI=1S/C16H22O4/c1-3-5-11-19-15(17)9-10-16(18)20-14-8-6-7-13(4-2)12-14/h6-8,12H,3-5,9-11H2,1-2H3. The molecule has 1 rings (SSSR count). The maximum Gasteiger partial charge on any atom is 0.311 e. The van der Waals surface area contributed by atoms with Crippen LogP contribution in [0.15, 0.2) is 24.3 Å². The molecule has 0 fully saturated rings. The zero-order valence-electron chi connectivity index (χ0n) is 12.2. The van der Waals surface area contributed by atoms with E-state index in [4.69, 9.17) is 9.47 Å². The molecule has 0 radical (unpaired) electrons. The fraction of sp³-hybridized carbons (Fsp3) is 0.500. The zero-order valence-corrected chi connectivity index (χ0v) is 12.2. The van der Waals surface area contributed by atoms with Gasteiger partial charge in [0.15, 0.2) is 0 Å². The highest BCUT2D eigenvalue weighted by Gasteiger charge is 2.10. The number of aryl methyl sites for hydroxylation is 1. The van der Waals surface area contributed by atoms with E-state index >= 15 is 0 Å². The molecule has 0 saturated carbocycles. The summed E-state index contributed by atoms with van der Waals surface area (Å²) in [6.45, 7) is 4.48. The van der Waals surface area contributed by atoms with Crippen LogP contribution in [-0.2, 0) is 20.7 Å². The minimum Gasteiger partial charge on any atom is -0.466 e. The number of ether oxygens (including phenoxy) is 2. The van der Waals surface area contributed by atoms with Crippen LogP contribution in [0.2, 0.25) is 0 Å². The summed E-state index contributed by atoms with van der Waals surface area (Å²) in [6.07, 6.45) is 2.82. The lowest BCUT2D eigenvalue weighted by Gasteiger charge is -2.06. The van der Waals surface area contributed by atoms with Crippen molar-refractivity contribution in [3.8, 4) is 5.75 Å². The van der Waals surface area contributed by atoms with E-state index in [1.54, 1.807) is 6.07 Å². The molecular weight excluding hydrogens is 256 g/mol. The van der Waals surface area contributed by atoms with Crippen LogP contribution in [0.25, 0.3) is 0 Å². The molecule has 1 aromatic rings. The van der Waals surface area contributed by atoms with E-state index in [-0.39, 0.29) is 18.8 Å². The van der Waals surface area contributed by atoms with Crippen LogP contribution in [0.4, 0.5) is 0 Å². The molecule has 0 aliphatic heterocycles. The highest BCUT2D eigenvalue weighted by atomic mass is 16.5. The third-order valence-corrected chi connectivity index (χ3v) is 2.83. The van der Waals surface area contributed by atoms with E-state index < -0.39 is 5.97 Å². The third kappa shape index (κ3) is 6.36. The zero-order chi connectivity index (χ0) is 14.8. The normalized spacial score (nSPS) is 10.1. The monoisotopic (exact) mass is 278 g/mol. The van der Waals surface area contributed by atoms with Crippen molar-refractivity contribution in [2.24, 2.45) is 0 Å². The second-order valence-corrected chi connectivity index (χ2v) is 4.55. The van der Waals surface area contributed by atoms with Crippen LogP contribution in [0.3, 0.4) is 0 Å². The quantitative estimate of drug-likeness (QED) is 0.416. The Kier molecular flexibility index (Phi) is 7.40. The first kappa shape index (κ1) is 16.2. The van der Waals surface area contributed by atoms with Gasteiger partial charge >= 0.3 is 11.9 Å². The van der Waals surface area contributed by atoms with Crippen molar-refractivity contribution in [2.45, 2.75) is 46.0 Å². The summed E-state index contributed by atoms with van der Waals surface area (Å²) in [5, 5.41) is 0. The van der Waals surface area contributed by atoms with E-state index in [1.807, 2.05) is 32.0 Å². The second-order valence-electron chi connectivity index (χ2n) is 4.55. The summed E-state index contributed by atoms with van der Waals surface area (Å²) in [5.41, 5.74) is 1.11. The summed E-state index contributed by atoms with van der Waals surface area (Å²) in [7, 11) is 0. The van der Waals surface area contributed by atoms with E-state index in [0.29, 0.717) is 12.4 Å². The van der Waals surface area contributed by atoms with E-state index in [0.717, 1.165) is 24.8 Å². The fourth-order valence-corrected chi connectivity index (χ4v) is 1.62. The molecule has 0 heterocycles. The Bertz CT molecular complexity index is 440. The minimum atomic E-state index is -0.411. The van der Waals surface area contributed by atoms with E-state index in [1.165, 1.54) is 0 Å². The van der Waals surface area contributed by atoms with Gasteiger partial charge in [0, 0.05) is 0 Å². The van der Waals surface area contributed by atoms with Crippen molar-refractivity contribution < 1.29 is 19.1 Å². The van der Waals surface area contributed by atoms with Gasteiger partial charge in [-0.3, -0.25) is 9.59 Å². The summed E-state index contributed by atoms with van der Waals surface area (Å²) in [5.74, 6) is -0.239. The Morgan fingerprint density at radius 1 is 1.10 bits per heavy atom. The van der Waals surface area contributed by atoms with Gasteiger partial charge in [0.1, 0.15) is 5.75 Å². The van der Waals surface area contributed by atoms with Crippen molar-refractivity contribution in [3.05, 3.63) is 29.8 Å². The van der Waals surface area contributed by atoms with Crippen LogP contribution in [0.1, 0.15) is 45.1 Å². The third-order valence-electron chi connectivity index (χ3n) is 2.83. The predicted octanol–water partition coefficient (Wildman–Crippen LogP) is 3.28. The number of unbranched alkanes of at least 4 members (excludes halogenated alkanes) is 1. The average Bonchev–Trinajstić information content (AvgIpc) is 2.45. The number of hydrogen-bond acceptors (Lipinski definition) is 4. The molecule has 0 aliphatic carbocycles. The molecule has 0 atom stereocenters. The molecule has 20 heavy (non-hydrogen) atoms. The summed E-state index contributed by atoms with van der Waals surface area (Å²) in [4.78, 5) is 23.0. The lowest BCUT2D eigenvalue weighted by Crippen LogP contribution is -2.12. The Hall–Kier alpha value is -1.84. The molecule has 0 aliphatic rings. The summed E-state index contributed by atoms with van der Waals surface area (Å²) in [6, 6.07) is 7.39. The smallest absolute Gasteiger partial charge is 0.311 e. The Balaban J connectivity index is 2.30. The molecule has 4 nitrogen and oxygen atoms in total. The first-order chi connectivity index (χ1) is 9.65. The average molecular weight is 278 g/mol. The van der Waals surface area contributed by atoms with Crippen LogP contribution in [0, 0.1) is 0 Å². The lowest BCUT2D eigenvalue weighted by molar-refractivity contribution is -0.147. The number of esters is 2. The molecule has 4 heteroatoms. The van der Waals surface area contributed by atoms with Gasteiger partial charge in [-0.1, -0.05) is 32.4 Å². The largest absolute Gasteiger partial charge is 0.466 e. The molecule has 1 aromatic carbocycles. The Morgan fingerprint density at radius 2 is 1.85 bits per heavy atom. The molecular formula is C16H22O4. The molecule has 0 N–H and O–H groups in total. The van der Waals surface area contributed by atoms with Crippen molar-refractivity contribution >= 4 is 11.9 Å². The number of rotatable bonds is 8. The summed E-state index contributed by atoms with van der Waals surface area (Å²) >= 11 is 0. The van der Waals surface area contributed by atoms with Crippen LogP contribution in [-0.4, -0.2) is 18.5 Å². The molecule has 0 saturated heterocycles. The van der Waals surface area contributed by atoms with E-state index in [9.17, 15) is 9.59 Å². The SMILES string of the molecule is CCCCOC(=O)CCC(=O)Oc1cccc(CC)c1. The number of carbonyl (C=O) groups excluding carboxylic acids is 2. The highest BCUT2D eigenvalue weighted by molar-refractivity contribution is 5.79. The molecule has 0 aromatic heterocycles. The maximum atomic E-state index is 11.6. The van der Waals surface area contributed by atoms with Crippen molar-refractivity contribution in [2.75, 3.05) is 6.61 Å². The number of hydrogen-bond donors (Lipinski definition) is 0. The van der Waals surface area contributed by atoms with Crippen molar-refractivity contribution in [3.63, 3.8) is 0 Å². The highest BCUT2D eigenvalue weighted by Crippen LogP contribution is 2.14. The Labute approximate surface area is 120 Å². The topological polar surface area (TPSA) is 52.6 Å². The number of benzene rings is 1. The fourth-order valence-electron chi connectivity index (χ4n) is 1.62. The van der Waals surface area contributed by atoms with Gasteiger partial charge in [0.2, 0.25) is 0 Å². The van der Waals surface area contributed by atoms with Gasteiger partial charge in [-0.2, -0.15) is 0 Å². The van der Waals surface area contributed by atoms with Gasteiger partial charge in [-0.05, 0) is 30.5 Å². The molecule has 0 amide bonds. The maximum absolute atomic E-state index is 11.6. The van der Waals surface area contributed by atoms with Crippen LogP contribution in [0.5, 0.6) is 5.75 Å². The van der Waals surface area contributed by atoms with Gasteiger partial charge in [0.05, 0.1) is 19.4 Å². The summed E-state index contributed by atoms with van der Waals surface area (Å²) < 4.78 is 10.2. The Morgan fingerprint density at radius 3 is 2.55 bits per heavy atom. The van der Waals surface area contributed by atoms with Gasteiger partial charge in [-0.25, -0.2) is 0 Å². The molecule has 110 valence electrons. The van der Waals surface area contributed by atoms with Crippen LogP contribution >= 0.6 is 0 Å². The van der Waals surface area contributed by atoms with Gasteiger partial charge < -0.3 is 9.47 Å². The van der Waals surface area contributed by atoms with E-state index in [2.05, 4.69) is 0 Å². The lowest BCUT2D eigenvalue weighted by atomic mass is 10.2. The molecule has 0 bridgehead atoms. The van der Waals surface area contributed by atoms with Crippen LogP contribution < -0.4 is 4.74 Å². The molecule has 0 spiro atoms. The minimum absolute atomic E-state index is 0.0430. The second kappa shape index (κ2) is 9.13. The predicted molar refractivity (Wildman–Crippen MR) is 76.6 cm³/mol. The first-order valence-electron chi connectivity index (χ1n) is 7.11. The van der Waals surface area contributed by atoms with Crippen molar-refractivity contribution in [1.82, 2.24) is 0 Å². The first-order valence-corrected chi connectivity index (χ1v) is 7.11. The number of carbonyl (C=O) groups is 2. The molecule has 0 unspecified atom stereocenters. The van der Waals surface area contributed by atoms with Gasteiger partial charge in [0.25, 0.3) is 0 Å².